The molecule has 0 atom stereocenters. The maximum atomic E-state index is 13.4. The van der Waals surface area contributed by atoms with Crippen LogP contribution in [-0.4, -0.2) is 12.4 Å². The summed E-state index contributed by atoms with van der Waals surface area (Å²) in [6, 6.07) is 17.2. The maximum absolute atomic E-state index is 13.4. The molecule has 1 aliphatic rings. The fourth-order valence-corrected chi connectivity index (χ4v) is 3.29. The Balaban J connectivity index is 1.53. The van der Waals surface area contributed by atoms with Gasteiger partial charge in [-0.1, -0.05) is 24.3 Å². The van der Waals surface area contributed by atoms with Gasteiger partial charge in [0.1, 0.15) is 29.7 Å². The van der Waals surface area contributed by atoms with Crippen LogP contribution < -0.4 is 14.2 Å². The predicted octanol–water partition coefficient (Wildman–Crippen LogP) is 5.73. The van der Waals surface area contributed by atoms with Crippen molar-refractivity contribution < 1.29 is 23.4 Å². The maximum Gasteiger partial charge on any atom is 0.231 e. The van der Waals surface area contributed by atoms with Crippen molar-refractivity contribution in [2.75, 3.05) is 6.61 Å². The van der Waals surface area contributed by atoms with E-state index in [4.69, 9.17) is 14.2 Å². The quantitative estimate of drug-likeness (QED) is 0.492. The van der Waals surface area contributed by atoms with Gasteiger partial charge in [-0.25, -0.2) is 4.39 Å². The van der Waals surface area contributed by atoms with E-state index >= 15 is 0 Å². The molecule has 0 fully saturated rings. The summed E-state index contributed by atoms with van der Waals surface area (Å²) in [5.41, 5.74) is 2.80. The molecule has 1 heterocycles. The molecular weight excluding hydrogens is 383 g/mol. The number of carbonyl (C=O) groups excluding carboxylic acids is 1. The number of ketones is 1. The summed E-state index contributed by atoms with van der Waals surface area (Å²) in [6.45, 7) is 4.59. The second-order valence-electron chi connectivity index (χ2n) is 6.93. The monoisotopic (exact) mass is 404 g/mol. The van der Waals surface area contributed by atoms with Crippen molar-refractivity contribution in [3.8, 4) is 17.2 Å². The van der Waals surface area contributed by atoms with E-state index in [1.807, 2.05) is 38.1 Å². The van der Waals surface area contributed by atoms with Crippen molar-refractivity contribution >= 4 is 11.9 Å². The van der Waals surface area contributed by atoms with Gasteiger partial charge >= 0.3 is 0 Å². The minimum absolute atomic E-state index is 0.168. The lowest BCUT2D eigenvalue weighted by Crippen LogP contribution is -1.98. The Bertz CT molecular complexity index is 1120. The molecule has 1 aliphatic heterocycles. The van der Waals surface area contributed by atoms with Crippen LogP contribution in [0, 0.1) is 12.7 Å². The minimum atomic E-state index is -0.306. The molecule has 0 saturated heterocycles. The van der Waals surface area contributed by atoms with E-state index in [-0.39, 0.29) is 24.0 Å². The first-order valence-electron chi connectivity index (χ1n) is 9.73. The van der Waals surface area contributed by atoms with E-state index in [2.05, 4.69) is 0 Å². The molecule has 5 heteroatoms. The largest absolute Gasteiger partial charge is 0.494 e. The smallest absolute Gasteiger partial charge is 0.231 e. The lowest BCUT2D eigenvalue weighted by molar-refractivity contribution is 0.101. The third kappa shape index (κ3) is 4.06. The van der Waals surface area contributed by atoms with Crippen molar-refractivity contribution in [1.29, 1.82) is 0 Å². The second kappa shape index (κ2) is 8.41. The summed E-state index contributed by atoms with van der Waals surface area (Å²) in [5.74, 6) is 1.65. The zero-order chi connectivity index (χ0) is 21.1. The molecule has 0 bridgehead atoms. The summed E-state index contributed by atoms with van der Waals surface area (Å²) in [4.78, 5) is 12.8. The van der Waals surface area contributed by atoms with Crippen molar-refractivity contribution in [1.82, 2.24) is 0 Å². The summed E-state index contributed by atoms with van der Waals surface area (Å²) < 4.78 is 30.5. The molecule has 4 nitrogen and oxygen atoms in total. The average molecular weight is 404 g/mol. The number of benzene rings is 3. The fraction of sp³-hybridized carbons (Fsp3) is 0.160. The molecule has 3 aromatic rings. The van der Waals surface area contributed by atoms with E-state index in [9.17, 15) is 9.18 Å². The van der Waals surface area contributed by atoms with Gasteiger partial charge in [0.2, 0.25) is 5.78 Å². The third-order valence-electron chi connectivity index (χ3n) is 4.81. The number of carbonyl (C=O) groups is 1. The number of allylic oxidation sites excluding steroid dienone is 1. The number of fused-ring (bicyclic) bond motifs is 1. The van der Waals surface area contributed by atoms with Crippen LogP contribution in [0.15, 0.2) is 66.4 Å². The van der Waals surface area contributed by atoms with Gasteiger partial charge in [-0.05, 0) is 67.4 Å². The predicted molar refractivity (Wildman–Crippen MR) is 112 cm³/mol. The molecule has 0 spiro atoms. The number of ether oxygens (including phenoxy) is 3. The molecule has 30 heavy (non-hydrogen) atoms. The van der Waals surface area contributed by atoms with Gasteiger partial charge in [0.25, 0.3) is 0 Å². The van der Waals surface area contributed by atoms with E-state index in [0.29, 0.717) is 23.7 Å². The number of hydrogen-bond acceptors (Lipinski definition) is 4. The first-order chi connectivity index (χ1) is 14.5. The van der Waals surface area contributed by atoms with Crippen molar-refractivity contribution in [2.24, 2.45) is 0 Å². The molecular formula is C25H21FO4. The Morgan fingerprint density at radius 2 is 1.83 bits per heavy atom. The lowest BCUT2D eigenvalue weighted by Gasteiger charge is -2.11. The number of halogens is 1. The Kier molecular flexibility index (Phi) is 5.53. The molecule has 0 N–H and O–H groups in total. The van der Waals surface area contributed by atoms with Gasteiger partial charge in [0.05, 0.1) is 12.2 Å². The van der Waals surface area contributed by atoms with E-state index in [1.165, 1.54) is 12.1 Å². The van der Waals surface area contributed by atoms with E-state index < -0.39 is 0 Å². The van der Waals surface area contributed by atoms with Crippen LogP contribution in [0.4, 0.5) is 4.39 Å². The van der Waals surface area contributed by atoms with Crippen LogP contribution in [0.2, 0.25) is 0 Å². The van der Waals surface area contributed by atoms with Crippen LogP contribution in [-0.2, 0) is 6.61 Å². The van der Waals surface area contributed by atoms with Gasteiger partial charge in [0.15, 0.2) is 5.76 Å². The Morgan fingerprint density at radius 3 is 2.57 bits per heavy atom. The normalized spacial score (nSPS) is 13.8. The Morgan fingerprint density at radius 1 is 1.03 bits per heavy atom. The van der Waals surface area contributed by atoms with Crippen LogP contribution in [0.5, 0.6) is 17.2 Å². The summed E-state index contributed by atoms with van der Waals surface area (Å²) in [5, 5.41) is 0. The zero-order valence-corrected chi connectivity index (χ0v) is 16.8. The van der Waals surface area contributed by atoms with Crippen molar-refractivity contribution in [2.45, 2.75) is 20.5 Å². The number of rotatable bonds is 6. The second-order valence-corrected chi connectivity index (χ2v) is 6.93. The third-order valence-corrected chi connectivity index (χ3v) is 4.81. The SMILES string of the molecule is CCOc1ccc(/C=C2\Oc3c(ccc(OCc4cccc(F)c4)c3C)C2=O)cc1. The van der Waals surface area contributed by atoms with Gasteiger partial charge < -0.3 is 14.2 Å². The summed E-state index contributed by atoms with van der Waals surface area (Å²) >= 11 is 0. The standard InChI is InChI=1S/C25H21FO4/c1-3-28-20-9-7-17(8-10-20)14-23-24(27)21-11-12-22(16(2)25(21)30-23)29-15-18-5-4-6-19(26)13-18/h4-14H,3,15H2,1-2H3/b23-14-. The van der Waals surface area contributed by atoms with E-state index in [1.54, 1.807) is 30.3 Å². The van der Waals surface area contributed by atoms with Gasteiger partial charge in [-0.3, -0.25) is 4.79 Å². The fourth-order valence-electron chi connectivity index (χ4n) is 3.29. The van der Waals surface area contributed by atoms with Crippen molar-refractivity contribution in [3.63, 3.8) is 0 Å². The highest BCUT2D eigenvalue weighted by atomic mass is 19.1. The van der Waals surface area contributed by atoms with Crippen molar-refractivity contribution in [3.05, 3.63) is 94.5 Å². The van der Waals surface area contributed by atoms with Gasteiger partial charge in [-0.2, -0.15) is 0 Å². The topological polar surface area (TPSA) is 44.8 Å². The highest BCUT2D eigenvalue weighted by Gasteiger charge is 2.30. The molecule has 152 valence electrons. The molecule has 0 aliphatic carbocycles. The van der Waals surface area contributed by atoms with Gasteiger partial charge in [-0.15, -0.1) is 0 Å². The zero-order valence-electron chi connectivity index (χ0n) is 16.8. The molecule has 0 aromatic heterocycles. The Hall–Kier alpha value is -3.60. The molecule has 3 aromatic carbocycles. The molecule has 0 saturated carbocycles. The average Bonchev–Trinajstić information content (AvgIpc) is 3.06. The molecule has 0 radical (unpaired) electrons. The molecule has 0 unspecified atom stereocenters. The lowest BCUT2D eigenvalue weighted by atomic mass is 10.1. The van der Waals surface area contributed by atoms with E-state index in [0.717, 1.165) is 22.4 Å². The van der Waals surface area contributed by atoms with Crippen LogP contribution in [0.25, 0.3) is 6.08 Å². The molecule has 4 rings (SSSR count). The summed E-state index contributed by atoms with van der Waals surface area (Å²) in [6.07, 6.45) is 1.71. The highest BCUT2D eigenvalue weighted by molar-refractivity contribution is 6.14. The van der Waals surface area contributed by atoms with Crippen LogP contribution in [0.3, 0.4) is 0 Å². The van der Waals surface area contributed by atoms with Crippen LogP contribution in [0.1, 0.15) is 34.0 Å². The first-order valence-corrected chi connectivity index (χ1v) is 9.73. The van der Waals surface area contributed by atoms with Crippen LogP contribution >= 0.6 is 0 Å². The minimum Gasteiger partial charge on any atom is -0.494 e. The molecule has 0 amide bonds. The summed E-state index contributed by atoms with van der Waals surface area (Å²) in [7, 11) is 0. The first kappa shape index (κ1) is 19.7. The number of Topliss-reactive ketones (excluding diaryl/α,β-unsaturated/α-hetero) is 1. The Labute approximate surface area is 174 Å². The van der Waals surface area contributed by atoms with Gasteiger partial charge in [0, 0.05) is 5.56 Å². The number of hydrogen-bond donors (Lipinski definition) is 0. The highest BCUT2D eigenvalue weighted by Crippen LogP contribution is 2.39.